The molecule has 1 N–H and O–H groups in total. The third kappa shape index (κ3) is 3.88. The number of rotatable bonds is 7. The molecule has 1 fully saturated rings. The summed E-state index contributed by atoms with van der Waals surface area (Å²) in [7, 11) is 1.73. The summed E-state index contributed by atoms with van der Waals surface area (Å²) in [5.41, 5.74) is 4.34. The van der Waals surface area contributed by atoms with Gasteiger partial charge in [0.15, 0.2) is 5.11 Å². The van der Waals surface area contributed by atoms with Crippen LogP contribution >= 0.6 is 12.2 Å². The van der Waals surface area contributed by atoms with Crippen LogP contribution in [0.2, 0.25) is 0 Å². The lowest BCUT2D eigenvalue weighted by molar-refractivity contribution is 0.180. The molecule has 1 aliphatic heterocycles. The van der Waals surface area contributed by atoms with E-state index < -0.39 is 0 Å². The first kappa shape index (κ1) is 19.5. The van der Waals surface area contributed by atoms with E-state index in [0.717, 1.165) is 40.8 Å². The maximum atomic E-state index is 5.74. The molecule has 0 aliphatic carbocycles. The number of hydrogen-bond donors (Lipinski definition) is 1. The average molecular weight is 408 g/mol. The second-order valence-electron chi connectivity index (χ2n) is 7.11. The highest BCUT2D eigenvalue weighted by Gasteiger charge is 2.41. The van der Waals surface area contributed by atoms with Gasteiger partial charge in [0, 0.05) is 44.0 Å². The predicted molar refractivity (Wildman–Crippen MR) is 117 cm³/mol. The number of nitrogens with one attached hydrogen (secondary N) is 1. The second-order valence-corrected chi connectivity index (χ2v) is 7.50. The van der Waals surface area contributed by atoms with Crippen molar-refractivity contribution in [1.29, 1.82) is 0 Å². The van der Waals surface area contributed by atoms with Crippen LogP contribution in [0.15, 0.2) is 61.1 Å². The summed E-state index contributed by atoms with van der Waals surface area (Å²) in [5, 5.41) is 4.26. The Balaban J connectivity index is 1.79. The van der Waals surface area contributed by atoms with Gasteiger partial charge in [-0.15, -0.1) is 0 Å². The van der Waals surface area contributed by atoms with Gasteiger partial charge in [0.1, 0.15) is 0 Å². The molecule has 0 amide bonds. The number of ether oxygens (including phenoxy) is 1. The third-order valence-electron chi connectivity index (χ3n) is 5.26. The van der Waals surface area contributed by atoms with Crippen LogP contribution in [0, 0.1) is 6.92 Å². The van der Waals surface area contributed by atoms with Gasteiger partial charge in [-0.25, -0.2) is 0 Å². The molecule has 4 rings (SSSR count). The molecule has 0 spiro atoms. The van der Waals surface area contributed by atoms with Crippen molar-refractivity contribution >= 4 is 17.3 Å². The number of pyridine rings is 2. The smallest absolute Gasteiger partial charge is 0.170 e. The number of hydrogen-bond acceptors (Lipinski definition) is 4. The van der Waals surface area contributed by atoms with E-state index in [9.17, 15) is 0 Å². The summed E-state index contributed by atoms with van der Waals surface area (Å²) in [6.07, 6.45) is 6.41. The lowest BCUT2D eigenvalue weighted by atomic mass is 10.0. The molecule has 3 aromatic heterocycles. The van der Waals surface area contributed by atoms with Crippen molar-refractivity contribution in [1.82, 2.24) is 24.8 Å². The lowest BCUT2D eigenvalue weighted by Gasteiger charge is -2.29. The number of aromatic nitrogens is 3. The summed E-state index contributed by atoms with van der Waals surface area (Å²) < 4.78 is 7.53. The van der Waals surface area contributed by atoms with Gasteiger partial charge in [0.25, 0.3) is 0 Å². The number of nitrogens with zero attached hydrogens (tertiary/aromatic N) is 4. The van der Waals surface area contributed by atoms with Crippen LogP contribution < -0.4 is 5.32 Å². The Labute approximate surface area is 176 Å². The van der Waals surface area contributed by atoms with Crippen LogP contribution in [-0.4, -0.2) is 44.8 Å². The molecule has 0 unspecified atom stereocenters. The zero-order valence-corrected chi connectivity index (χ0v) is 17.5. The molecule has 7 heteroatoms. The van der Waals surface area contributed by atoms with Crippen LogP contribution in [0.25, 0.3) is 5.69 Å². The minimum Gasteiger partial charge on any atom is -0.385 e. The van der Waals surface area contributed by atoms with Crippen molar-refractivity contribution in [2.24, 2.45) is 0 Å². The Morgan fingerprint density at radius 2 is 2.03 bits per heavy atom. The lowest BCUT2D eigenvalue weighted by Crippen LogP contribution is -2.32. The first-order valence-electron chi connectivity index (χ1n) is 9.76. The summed E-state index contributed by atoms with van der Waals surface area (Å²) in [6, 6.07) is 14.4. The van der Waals surface area contributed by atoms with E-state index in [1.807, 2.05) is 30.6 Å². The molecule has 0 bridgehead atoms. The van der Waals surface area contributed by atoms with Crippen LogP contribution in [0.5, 0.6) is 0 Å². The highest BCUT2D eigenvalue weighted by atomic mass is 32.1. The summed E-state index contributed by atoms with van der Waals surface area (Å²) >= 11 is 5.74. The zero-order chi connectivity index (χ0) is 20.2. The zero-order valence-electron chi connectivity index (χ0n) is 16.7. The fourth-order valence-electron chi connectivity index (χ4n) is 3.98. The van der Waals surface area contributed by atoms with Gasteiger partial charge in [0.05, 0.1) is 29.7 Å². The molecule has 1 saturated heterocycles. The van der Waals surface area contributed by atoms with Gasteiger partial charge in [-0.1, -0.05) is 6.07 Å². The van der Waals surface area contributed by atoms with Gasteiger partial charge in [-0.05, 0) is 62.0 Å². The molecule has 0 aromatic carbocycles. The Bertz CT molecular complexity index is 960. The maximum absolute atomic E-state index is 5.74. The fourth-order valence-corrected chi connectivity index (χ4v) is 4.31. The van der Waals surface area contributed by atoms with Crippen LogP contribution in [-0.2, 0) is 4.74 Å². The van der Waals surface area contributed by atoms with Crippen molar-refractivity contribution in [3.63, 3.8) is 0 Å². The minimum absolute atomic E-state index is 0.0168. The Hall–Kier alpha value is -2.77. The molecule has 150 valence electrons. The topological polar surface area (TPSA) is 55.2 Å². The summed E-state index contributed by atoms with van der Waals surface area (Å²) in [6.45, 7) is 3.62. The van der Waals surface area contributed by atoms with Crippen LogP contribution in [0.1, 0.15) is 35.6 Å². The Morgan fingerprint density at radius 3 is 2.76 bits per heavy atom. The fraction of sp³-hybridized carbons (Fsp3) is 0.318. The Morgan fingerprint density at radius 1 is 1.14 bits per heavy atom. The minimum atomic E-state index is -0.0315. The van der Waals surface area contributed by atoms with E-state index in [4.69, 9.17) is 17.0 Å². The maximum Gasteiger partial charge on any atom is 0.170 e. The van der Waals surface area contributed by atoms with E-state index in [-0.39, 0.29) is 12.1 Å². The third-order valence-corrected chi connectivity index (χ3v) is 5.61. The molecule has 2 atom stereocenters. The molecule has 4 heterocycles. The number of thiocarbonyl (C=S) groups is 1. The largest absolute Gasteiger partial charge is 0.385 e. The van der Waals surface area contributed by atoms with E-state index in [1.165, 1.54) is 0 Å². The van der Waals surface area contributed by atoms with Gasteiger partial charge in [-0.3, -0.25) is 9.97 Å². The highest BCUT2D eigenvalue weighted by Crippen LogP contribution is 2.40. The van der Waals surface area contributed by atoms with Gasteiger partial charge in [0.2, 0.25) is 0 Å². The van der Waals surface area contributed by atoms with Gasteiger partial charge in [-0.2, -0.15) is 0 Å². The quantitative estimate of drug-likeness (QED) is 0.477. The van der Waals surface area contributed by atoms with Crippen LogP contribution in [0.3, 0.4) is 0 Å². The van der Waals surface area contributed by atoms with E-state index in [1.54, 1.807) is 13.3 Å². The van der Waals surface area contributed by atoms with E-state index >= 15 is 0 Å². The van der Waals surface area contributed by atoms with Crippen molar-refractivity contribution in [3.8, 4) is 5.69 Å². The highest BCUT2D eigenvalue weighted by molar-refractivity contribution is 7.80. The molecular formula is C22H25N5OS. The van der Waals surface area contributed by atoms with E-state index in [0.29, 0.717) is 6.61 Å². The first-order chi connectivity index (χ1) is 14.2. The van der Waals surface area contributed by atoms with E-state index in [2.05, 4.69) is 55.9 Å². The normalized spacial score (nSPS) is 18.8. The predicted octanol–water partition coefficient (Wildman–Crippen LogP) is 3.58. The Kier molecular flexibility index (Phi) is 5.87. The van der Waals surface area contributed by atoms with Gasteiger partial charge < -0.3 is 19.5 Å². The molecule has 6 nitrogen and oxygen atoms in total. The van der Waals surface area contributed by atoms with Crippen molar-refractivity contribution in [3.05, 3.63) is 78.1 Å². The van der Waals surface area contributed by atoms with Crippen LogP contribution in [0.4, 0.5) is 0 Å². The molecule has 1 aliphatic rings. The molecule has 29 heavy (non-hydrogen) atoms. The first-order valence-corrected chi connectivity index (χ1v) is 10.2. The van der Waals surface area contributed by atoms with Crippen molar-refractivity contribution in [2.75, 3.05) is 20.3 Å². The number of aryl methyl sites for hydroxylation is 1. The molecule has 3 aromatic rings. The average Bonchev–Trinajstić information content (AvgIpc) is 3.29. The van der Waals surface area contributed by atoms with Gasteiger partial charge >= 0.3 is 0 Å². The monoisotopic (exact) mass is 407 g/mol. The number of methoxy groups -OCH3 is 1. The standard InChI is InChI=1S/C22H25N5OS/c1-16-9-10-19(27(16)17-7-5-11-23-15-17)21-20(18-8-3-4-12-24-18)25-22(29)26(21)13-6-14-28-2/h3-5,7-12,15,20-21H,6,13-14H2,1-2H3,(H,25,29)/t20-,21-/m1/s1. The summed E-state index contributed by atoms with van der Waals surface area (Å²) in [5.74, 6) is 0. The second kappa shape index (κ2) is 8.71. The molecule has 0 saturated carbocycles. The van der Waals surface area contributed by atoms with Crippen molar-refractivity contribution in [2.45, 2.75) is 25.4 Å². The summed E-state index contributed by atoms with van der Waals surface area (Å²) in [4.78, 5) is 11.2. The SMILES string of the molecule is COCCCN1C(=S)N[C@H](c2ccccn2)[C@H]1c1ccc(C)n1-c1cccnc1. The molecular weight excluding hydrogens is 382 g/mol. The van der Waals surface area contributed by atoms with Crippen molar-refractivity contribution < 1.29 is 4.74 Å². The molecule has 0 radical (unpaired) electrons.